The van der Waals surface area contributed by atoms with Crippen LogP contribution in [0.3, 0.4) is 0 Å². The predicted octanol–water partition coefficient (Wildman–Crippen LogP) is -2.26. The van der Waals surface area contributed by atoms with Gasteiger partial charge < -0.3 is 58.1 Å². The second kappa shape index (κ2) is 12.5. The van der Waals surface area contributed by atoms with Crippen molar-refractivity contribution in [2.45, 2.75) is 82.2 Å². The molecule has 14 nitrogen and oxygen atoms in total. The summed E-state index contributed by atoms with van der Waals surface area (Å²) in [6.07, 6.45) is -13.1. The molecule has 0 aliphatic carbocycles. The standard InChI is InChI=1S/C32H32O14.Na/c1-10-8-9-15-18-16(10)29(38)45-26-17-13(23(35)20(19(18)26)30(39)43-15)6-5-7-14(17)44-32-28(24(36)21(33)11(2)42-32)46-31-25(37)27(40-4)22(34)12(3)41-31;/h5-9,11-12,21-22,24-25,27-28,31-37H,1-4H3;/q;+1/p-1. The Morgan fingerprint density at radius 2 is 1.43 bits per heavy atom. The fourth-order valence-corrected chi connectivity index (χ4v) is 6.56. The number of fused-ring (bicyclic) bond motifs is 2. The van der Waals surface area contributed by atoms with Crippen LogP contribution in [0.2, 0.25) is 0 Å². The fraction of sp³-hybridized carbons (Fsp3) is 0.438. The summed E-state index contributed by atoms with van der Waals surface area (Å²) < 4.78 is 40.3. The number of aryl methyl sites for hydroxylation is 1. The zero-order valence-corrected chi connectivity index (χ0v) is 28.0. The molecule has 0 saturated carbocycles. The maximum absolute atomic E-state index is 13.8. The van der Waals surface area contributed by atoms with Gasteiger partial charge in [0.05, 0.1) is 28.4 Å². The third-order valence-corrected chi connectivity index (χ3v) is 9.01. The number of rotatable bonds is 5. The largest absolute Gasteiger partial charge is 1.00 e. The van der Waals surface area contributed by atoms with Crippen molar-refractivity contribution in [3.63, 3.8) is 0 Å². The molecule has 2 aliphatic rings. The number of hydrogen-bond acceptors (Lipinski definition) is 14. The van der Waals surface area contributed by atoms with E-state index in [2.05, 4.69) is 0 Å². The van der Waals surface area contributed by atoms with Crippen LogP contribution in [0.25, 0.3) is 43.5 Å². The Balaban J connectivity index is 0.00000386. The van der Waals surface area contributed by atoms with Crippen LogP contribution in [-0.2, 0) is 18.9 Å². The Kier molecular flexibility index (Phi) is 9.08. The first kappa shape index (κ1) is 34.0. The minimum atomic E-state index is -1.62. The van der Waals surface area contributed by atoms with Crippen LogP contribution >= 0.6 is 0 Å². The first-order valence-electron chi connectivity index (χ1n) is 14.7. The minimum Gasteiger partial charge on any atom is -0.871 e. The van der Waals surface area contributed by atoms with Gasteiger partial charge in [-0.25, -0.2) is 9.59 Å². The molecule has 4 N–H and O–H groups in total. The monoisotopic (exact) mass is 662 g/mol. The molecule has 2 fully saturated rings. The van der Waals surface area contributed by atoms with Crippen molar-refractivity contribution < 1.29 is 87.6 Å². The van der Waals surface area contributed by atoms with E-state index >= 15 is 0 Å². The Morgan fingerprint density at radius 1 is 0.745 bits per heavy atom. The number of methoxy groups -OCH3 is 1. The molecule has 15 heteroatoms. The smallest absolute Gasteiger partial charge is 0.871 e. The third-order valence-electron chi connectivity index (χ3n) is 9.01. The average Bonchev–Trinajstić information content (AvgIpc) is 3.02. The first-order chi connectivity index (χ1) is 21.9. The van der Waals surface area contributed by atoms with Gasteiger partial charge in [-0.05, 0) is 43.9 Å². The Morgan fingerprint density at radius 3 is 2.15 bits per heavy atom. The van der Waals surface area contributed by atoms with Gasteiger partial charge in [-0.3, -0.25) is 0 Å². The van der Waals surface area contributed by atoms with Crippen molar-refractivity contribution in [2.24, 2.45) is 0 Å². The van der Waals surface area contributed by atoms with E-state index in [9.17, 15) is 35.1 Å². The number of hydrogen-bond donors (Lipinski definition) is 4. The molecule has 3 aromatic carbocycles. The molecule has 0 spiro atoms. The first-order valence-corrected chi connectivity index (χ1v) is 14.7. The zero-order chi connectivity index (χ0) is 32.8. The van der Waals surface area contributed by atoms with Gasteiger partial charge in [0, 0.05) is 17.9 Å². The zero-order valence-electron chi connectivity index (χ0n) is 26.0. The van der Waals surface area contributed by atoms with Crippen LogP contribution in [0.15, 0.2) is 48.8 Å². The van der Waals surface area contributed by atoms with E-state index in [4.69, 9.17) is 32.5 Å². The quantitative estimate of drug-likeness (QED) is 0.0678. The minimum absolute atomic E-state index is 0. The fourth-order valence-electron chi connectivity index (χ4n) is 6.56. The van der Waals surface area contributed by atoms with E-state index < -0.39 is 78.4 Å². The van der Waals surface area contributed by atoms with Gasteiger partial charge in [0.2, 0.25) is 6.29 Å². The molecule has 10 atom stereocenters. The average molecular weight is 663 g/mol. The molecule has 244 valence electrons. The molecule has 7 rings (SSSR count). The number of ether oxygens (including phenoxy) is 5. The van der Waals surface area contributed by atoms with Crippen molar-refractivity contribution in [3.8, 4) is 11.5 Å². The van der Waals surface area contributed by atoms with E-state index in [1.807, 2.05) is 0 Å². The van der Waals surface area contributed by atoms with Crippen LogP contribution < -0.4 is 50.7 Å². The van der Waals surface area contributed by atoms with Gasteiger partial charge in [0.25, 0.3) is 0 Å². The van der Waals surface area contributed by atoms with Crippen molar-refractivity contribution in [1.29, 1.82) is 0 Å². The molecule has 0 radical (unpaired) electrons. The molecule has 10 unspecified atom stereocenters. The van der Waals surface area contributed by atoms with Gasteiger partial charge in [0.1, 0.15) is 41.9 Å². The molecule has 5 aromatic rings. The van der Waals surface area contributed by atoms with Crippen molar-refractivity contribution in [2.75, 3.05) is 7.11 Å². The summed E-state index contributed by atoms with van der Waals surface area (Å²) in [4.78, 5) is 26.4. The van der Waals surface area contributed by atoms with E-state index in [1.54, 1.807) is 19.9 Å². The molecular weight excluding hydrogens is 631 g/mol. The van der Waals surface area contributed by atoms with Gasteiger partial charge in [-0.2, -0.15) is 0 Å². The van der Waals surface area contributed by atoms with E-state index in [0.717, 1.165) is 0 Å². The second-order valence-corrected chi connectivity index (χ2v) is 11.8. The van der Waals surface area contributed by atoms with Crippen molar-refractivity contribution in [1.82, 2.24) is 0 Å². The SMILES string of the molecule is COC1C(O)C(C)OC(OC2C(Oc3cccc4c([O-])c5c(=O)oc6ccc(C)c7c(=O)oc(c34)c5c67)OC(C)C(O)C2O)C1O.[Na+]. The second-order valence-electron chi connectivity index (χ2n) is 11.8. The Hall–Kier alpha value is -2.86. The Bertz CT molecular complexity index is 2080. The molecule has 0 bridgehead atoms. The maximum Gasteiger partial charge on any atom is 1.00 e. The number of aliphatic hydroxyl groups is 4. The van der Waals surface area contributed by atoms with Gasteiger partial charge in [-0.1, -0.05) is 23.9 Å². The summed E-state index contributed by atoms with van der Waals surface area (Å²) in [5, 5.41) is 57.1. The van der Waals surface area contributed by atoms with Crippen LogP contribution in [0, 0.1) is 6.92 Å². The Labute approximate surface area is 287 Å². The molecule has 2 aromatic heterocycles. The predicted molar refractivity (Wildman–Crippen MR) is 158 cm³/mol. The summed E-state index contributed by atoms with van der Waals surface area (Å²) in [6, 6.07) is 7.53. The summed E-state index contributed by atoms with van der Waals surface area (Å²) in [5.41, 5.74) is -1.07. The van der Waals surface area contributed by atoms with Gasteiger partial charge in [-0.15, -0.1) is 0 Å². The van der Waals surface area contributed by atoms with E-state index in [-0.39, 0.29) is 78.8 Å². The molecule has 0 amide bonds. The van der Waals surface area contributed by atoms with Crippen molar-refractivity contribution >= 4 is 43.5 Å². The summed E-state index contributed by atoms with van der Waals surface area (Å²) >= 11 is 0. The van der Waals surface area contributed by atoms with Crippen LogP contribution in [0.4, 0.5) is 0 Å². The summed E-state index contributed by atoms with van der Waals surface area (Å²) in [6.45, 7) is 4.73. The van der Waals surface area contributed by atoms with E-state index in [0.29, 0.717) is 5.56 Å². The molecular formula is C32H31NaO14. The number of aliphatic hydroxyl groups excluding tert-OH is 4. The molecule has 47 heavy (non-hydrogen) atoms. The van der Waals surface area contributed by atoms with Crippen LogP contribution in [-0.4, -0.2) is 88.9 Å². The number of benzene rings is 3. The maximum atomic E-state index is 13.8. The normalized spacial score (nSPS) is 31.5. The summed E-state index contributed by atoms with van der Waals surface area (Å²) in [7, 11) is 1.30. The van der Waals surface area contributed by atoms with Crippen LogP contribution in [0.5, 0.6) is 11.5 Å². The molecule has 2 aliphatic heterocycles. The summed E-state index contributed by atoms with van der Waals surface area (Å²) in [5.74, 6) is -0.715. The topological polar surface area (TPSA) is 211 Å². The van der Waals surface area contributed by atoms with Crippen LogP contribution in [0.1, 0.15) is 19.4 Å². The van der Waals surface area contributed by atoms with Gasteiger partial charge >= 0.3 is 40.8 Å². The van der Waals surface area contributed by atoms with Crippen molar-refractivity contribution in [3.05, 3.63) is 56.7 Å². The van der Waals surface area contributed by atoms with Gasteiger partial charge in [0.15, 0.2) is 18.0 Å². The molecule has 2 saturated heterocycles. The van der Waals surface area contributed by atoms with E-state index in [1.165, 1.54) is 38.3 Å². The molecule has 4 heterocycles. The third kappa shape index (κ3) is 5.23.